The van der Waals surface area contributed by atoms with E-state index in [1.54, 1.807) is 24.4 Å². The van der Waals surface area contributed by atoms with Crippen molar-refractivity contribution in [1.82, 2.24) is 4.98 Å². The van der Waals surface area contributed by atoms with Gasteiger partial charge in [0.15, 0.2) is 0 Å². The van der Waals surface area contributed by atoms with Crippen molar-refractivity contribution in [3.05, 3.63) is 68.6 Å². The monoisotopic (exact) mass is 426 g/mol. The predicted octanol–water partition coefficient (Wildman–Crippen LogP) is 4.88. The van der Waals surface area contributed by atoms with Gasteiger partial charge in [-0.3, -0.25) is 9.78 Å². The third kappa shape index (κ3) is 2.91. The third-order valence-corrected chi connectivity index (χ3v) is 4.34. The summed E-state index contributed by atoms with van der Waals surface area (Å²) in [6.45, 7) is 0. The largest absolute Gasteiger partial charge is 0.321 e. The van der Waals surface area contributed by atoms with Gasteiger partial charge in [0.05, 0.1) is 21.8 Å². The maximum atomic E-state index is 13.1. The molecule has 2 aromatic carbocycles. The normalized spacial score (nSPS) is 10.7. The average molecular weight is 427 g/mol. The highest BCUT2D eigenvalue weighted by Gasteiger charge is 2.13. The summed E-state index contributed by atoms with van der Waals surface area (Å²) < 4.78 is 13.7. The predicted molar refractivity (Wildman–Crippen MR) is 93.8 cm³/mol. The van der Waals surface area contributed by atoms with Crippen LogP contribution in [0.1, 0.15) is 10.4 Å². The number of rotatable bonds is 2. The fraction of sp³-hybridized carbons (Fsp3) is 0. The number of nitrogens with zero attached hydrogens (tertiary/aromatic N) is 1. The number of benzene rings is 2. The highest BCUT2D eigenvalue weighted by Crippen LogP contribution is 2.28. The minimum Gasteiger partial charge on any atom is -0.321 e. The van der Waals surface area contributed by atoms with Crippen molar-refractivity contribution in [2.75, 3.05) is 5.32 Å². The van der Waals surface area contributed by atoms with Crippen LogP contribution in [-0.2, 0) is 0 Å². The topological polar surface area (TPSA) is 42.0 Å². The number of hydrogen-bond acceptors (Lipinski definition) is 2. The SMILES string of the molecule is O=C(Nc1ccc(Cl)c2ncccc12)c1ccc(F)cc1I. The first-order valence-corrected chi connectivity index (χ1v) is 7.81. The second-order valence-corrected chi connectivity index (χ2v) is 6.14. The molecule has 0 radical (unpaired) electrons. The molecule has 1 heterocycles. The van der Waals surface area contributed by atoms with Crippen molar-refractivity contribution in [2.45, 2.75) is 0 Å². The maximum absolute atomic E-state index is 13.1. The zero-order chi connectivity index (χ0) is 15.7. The Morgan fingerprint density at radius 2 is 2.05 bits per heavy atom. The van der Waals surface area contributed by atoms with Gasteiger partial charge >= 0.3 is 0 Å². The summed E-state index contributed by atoms with van der Waals surface area (Å²) in [5, 5.41) is 4.09. The molecule has 1 amide bonds. The number of pyridine rings is 1. The lowest BCUT2D eigenvalue weighted by Crippen LogP contribution is -2.14. The molecule has 3 rings (SSSR count). The maximum Gasteiger partial charge on any atom is 0.256 e. The number of anilines is 1. The van der Waals surface area contributed by atoms with Gasteiger partial charge < -0.3 is 5.32 Å². The van der Waals surface area contributed by atoms with E-state index in [4.69, 9.17) is 11.6 Å². The second-order valence-electron chi connectivity index (χ2n) is 4.57. The van der Waals surface area contributed by atoms with E-state index >= 15 is 0 Å². The van der Waals surface area contributed by atoms with Crippen LogP contribution in [0.5, 0.6) is 0 Å². The zero-order valence-corrected chi connectivity index (χ0v) is 14.0. The van der Waals surface area contributed by atoms with E-state index in [1.165, 1.54) is 18.2 Å². The summed E-state index contributed by atoms with van der Waals surface area (Å²) in [5.74, 6) is -0.682. The zero-order valence-electron chi connectivity index (χ0n) is 11.1. The van der Waals surface area contributed by atoms with Gasteiger partial charge in [0.2, 0.25) is 0 Å². The Balaban J connectivity index is 2.00. The number of halogens is 3. The lowest BCUT2D eigenvalue weighted by molar-refractivity contribution is 0.102. The second kappa shape index (κ2) is 6.18. The lowest BCUT2D eigenvalue weighted by Gasteiger charge is -2.10. The fourth-order valence-corrected chi connectivity index (χ4v) is 3.05. The highest BCUT2D eigenvalue weighted by atomic mass is 127. The molecule has 0 saturated heterocycles. The third-order valence-electron chi connectivity index (χ3n) is 3.14. The number of nitrogens with one attached hydrogen (secondary N) is 1. The minimum atomic E-state index is -0.373. The van der Waals surface area contributed by atoms with Gasteiger partial charge in [0.1, 0.15) is 5.82 Å². The van der Waals surface area contributed by atoms with Gasteiger partial charge in [0, 0.05) is 15.2 Å². The first-order valence-electron chi connectivity index (χ1n) is 6.36. The minimum absolute atomic E-state index is 0.308. The molecular formula is C16H9ClFIN2O. The van der Waals surface area contributed by atoms with E-state index in [0.717, 1.165) is 5.39 Å². The molecule has 3 nitrogen and oxygen atoms in total. The summed E-state index contributed by atoms with van der Waals surface area (Å²) in [6, 6.07) is 11.1. The van der Waals surface area contributed by atoms with Crippen LogP contribution in [0, 0.1) is 9.39 Å². The number of hydrogen-bond donors (Lipinski definition) is 1. The van der Waals surface area contributed by atoms with Crippen molar-refractivity contribution in [3.63, 3.8) is 0 Å². The Morgan fingerprint density at radius 1 is 1.23 bits per heavy atom. The van der Waals surface area contributed by atoms with E-state index in [0.29, 0.717) is 25.4 Å². The molecule has 0 unspecified atom stereocenters. The lowest BCUT2D eigenvalue weighted by atomic mass is 10.1. The van der Waals surface area contributed by atoms with Gasteiger partial charge in [-0.05, 0) is 65.1 Å². The van der Waals surface area contributed by atoms with Crippen LogP contribution in [0.15, 0.2) is 48.7 Å². The number of aromatic nitrogens is 1. The fourth-order valence-electron chi connectivity index (χ4n) is 2.11. The molecule has 6 heteroatoms. The molecule has 0 fully saturated rings. The number of amides is 1. The van der Waals surface area contributed by atoms with E-state index in [1.807, 2.05) is 28.7 Å². The highest BCUT2D eigenvalue weighted by molar-refractivity contribution is 14.1. The summed E-state index contributed by atoms with van der Waals surface area (Å²) in [5.41, 5.74) is 1.64. The first kappa shape index (κ1) is 15.2. The standard InChI is InChI=1S/C16H9ClFIN2O/c17-12-5-6-14(11-2-1-7-20-15(11)12)21-16(22)10-4-3-9(18)8-13(10)19/h1-8H,(H,21,22). The summed E-state index contributed by atoms with van der Waals surface area (Å²) in [4.78, 5) is 16.6. The quantitative estimate of drug-likeness (QED) is 0.593. The molecule has 3 aromatic rings. The molecule has 0 aliphatic rings. The van der Waals surface area contributed by atoms with Gasteiger partial charge in [-0.2, -0.15) is 0 Å². The van der Waals surface area contributed by atoms with Crippen molar-refractivity contribution < 1.29 is 9.18 Å². The Morgan fingerprint density at radius 3 is 2.82 bits per heavy atom. The van der Waals surface area contributed by atoms with Crippen LogP contribution in [-0.4, -0.2) is 10.9 Å². The van der Waals surface area contributed by atoms with Crippen molar-refractivity contribution in [3.8, 4) is 0 Å². The van der Waals surface area contributed by atoms with E-state index in [2.05, 4.69) is 10.3 Å². The molecule has 0 atom stereocenters. The molecular weight excluding hydrogens is 418 g/mol. The molecule has 0 aliphatic heterocycles. The molecule has 1 aromatic heterocycles. The van der Waals surface area contributed by atoms with Crippen LogP contribution >= 0.6 is 34.2 Å². The average Bonchev–Trinajstić information content (AvgIpc) is 2.50. The van der Waals surface area contributed by atoms with Crippen LogP contribution in [0.2, 0.25) is 5.02 Å². The Kier molecular flexibility index (Phi) is 4.26. The molecule has 0 spiro atoms. The van der Waals surface area contributed by atoms with Crippen LogP contribution < -0.4 is 5.32 Å². The number of carbonyl (C=O) groups excluding carboxylic acids is 1. The smallest absolute Gasteiger partial charge is 0.256 e. The van der Waals surface area contributed by atoms with Crippen LogP contribution in [0.3, 0.4) is 0 Å². The van der Waals surface area contributed by atoms with Gasteiger partial charge in [-0.25, -0.2) is 4.39 Å². The van der Waals surface area contributed by atoms with Gasteiger partial charge in [-0.15, -0.1) is 0 Å². The van der Waals surface area contributed by atoms with E-state index < -0.39 is 0 Å². The van der Waals surface area contributed by atoms with Crippen LogP contribution in [0.4, 0.5) is 10.1 Å². The van der Waals surface area contributed by atoms with Crippen molar-refractivity contribution in [1.29, 1.82) is 0 Å². The Hall–Kier alpha value is -1.73. The van der Waals surface area contributed by atoms with Gasteiger partial charge in [-0.1, -0.05) is 11.6 Å². The molecule has 22 heavy (non-hydrogen) atoms. The van der Waals surface area contributed by atoms with E-state index in [9.17, 15) is 9.18 Å². The summed E-state index contributed by atoms with van der Waals surface area (Å²) >= 11 is 8.04. The first-order chi connectivity index (χ1) is 10.6. The van der Waals surface area contributed by atoms with Gasteiger partial charge in [0.25, 0.3) is 5.91 Å². The molecule has 1 N–H and O–H groups in total. The summed E-state index contributed by atoms with van der Waals surface area (Å²) in [7, 11) is 0. The number of carbonyl (C=O) groups is 1. The summed E-state index contributed by atoms with van der Waals surface area (Å²) in [6.07, 6.45) is 1.64. The Labute approximate surface area is 144 Å². The molecule has 0 aliphatic carbocycles. The van der Waals surface area contributed by atoms with E-state index in [-0.39, 0.29) is 11.7 Å². The molecule has 0 saturated carbocycles. The van der Waals surface area contributed by atoms with Crippen LogP contribution in [0.25, 0.3) is 10.9 Å². The molecule has 0 bridgehead atoms. The Bertz CT molecular complexity index is 885. The molecule has 110 valence electrons. The van der Waals surface area contributed by atoms with Crippen molar-refractivity contribution in [2.24, 2.45) is 0 Å². The van der Waals surface area contributed by atoms with Crippen molar-refractivity contribution >= 4 is 56.7 Å². The number of fused-ring (bicyclic) bond motifs is 1.